The molecule has 1 saturated carbocycles. The van der Waals surface area contributed by atoms with E-state index >= 15 is 0 Å². The van der Waals surface area contributed by atoms with Crippen molar-refractivity contribution in [2.45, 2.75) is 115 Å². The number of benzene rings is 1. The van der Waals surface area contributed by atoms with E-state index in [1.54, 1.807) is 0 Å². The molecule has 246 valence electrons. The number of alkyl halides is 3. The fourth-order valence-electron chi connectivity index (χ4n) is 7.46. The molecule has 3 heterocycles. The van der Waals surface area contributed by atoms with E-state index in [0.717, 1.165) is 71.5 Å². The van der Waals surface area contributed by atoms with Gasteiger partial charge in [-0.25, -0.2) is 0 Å². The van der Waals surface area contributed by atoms with Crippen LogP contribution in [0.2, 0.25) is 18.1 Å². The normalized spacial score (nSPS) is 23.3. The van der Waals surface area contributed by atoms with Crippen LogP contribution in [0, 0.1) is 5.41 Å². The zero-order valence-electron chi connectivity index (χ0n) is 27.4. The van der Waals surface area contributed by atoms with Crippen molar-refractivity contribution in [3.63, 3.8) is 0 Å². The van der Waals surface area contributed by atoms with Crippen molar-refractivity contribution in [3.8, 4) is 0 Å². The molecule has 6 rings (SSSR count). The predicted molar refractivity (Wildman–Crippen MR) is 172 cm³/mol. The minimum atomic E-state index is -4.45. The molecule has 1 spiro atoms. The number of pyridine rings is 1. The number of aromatic nitrogens is 1. The quantitative estimate of drug-likeness (QED) is 0.318. The van der Waals surface area contributed by atoms with Gasteiger partial charge in [-0.3, -0.25) is 4.98 Å². The molecule has 1 aromatic carbocycles. The standard InChI is InChI=1S/C36H48F3NO4Si/c1-34(2,3)45(4,5)44-28-22-35(15-6-16-35)21-27-30(28)29(23-11-17-42-18-12-23)31(32(40-27)24-13-19-43-20-14-24)33(41)25-7-9-26(10-8-25)36(37,38)39/h7-11,24,28,33,41H,6,12-22H2,1-5H3/t28-,33+/m0/s1. The molecule has 1 aromatic heterocycles. The second-order valence-corrected chi connectivity index (χ2v) is 20.0. The van der Waals surface area contributed by atoms with Gasteiger partial charge in [-0.15, -0.1) is 0 Å². The van der Waals surface area contributed by atoms with Gasteiger partial charge in [0.1, 0.15) is 6.10 Å². The van der Waals surface area contributed by atoms with Crippen LogP contribution in [0.5, 0.6) is 0 Å². The number of halogens is 3. The van der Waals surface area contributed by atoms with Crippen LogP contribution in [0.3, 0.4) is 0 Å². The summed E-state index contributed by atoms with van der Waals surface area (Å²) in [6, 6.07) is 4.96. The maximum absolute atomic E-state index is 13.5. The Bertz CT molecular complexity index is 1420. The first-order chi connectivity index (χ1) is 21.2. The second kappa shape index (κ2) is 12.2. The van der Waals surface area contributed by atoms with Crippen LogP contribution in [0.1, 0.15) is 123 Å². The largest absolute Gasteiger partial charge is 0.416 e. The molecule has 2 atom stereocenters. The van der Waals surface area contributed by atoms with Crippen LogP contribution < -0.4 is 0 Å². The third-order valence-corrected chi connectivity index (χ3v) is 15.7. The summed E-state index contributed by atoms with van der Waals surface area (Å²) in [6.45, 7) is 13.7. The van der Waals surface area contributed by atoms with Crippen LogP contribution in [0.25, 0.3) is 5.57 Å². The van der Waals surface area contributed by atoms with E-state index in [0.29, 0.717) is 38.4 Å². The van der Waals surface area contributed by atoms with Gasteiger partial charge in [0.15, 0.2) is 8.32 Å². The molecule has 4 aliphatic rings. The van der Waals surface area contributed by atoms with Crippen molar-refractivity contribution in [2.75, 3.05) is 26.4 Å². The van der Waals surface area contributed by atoms with E-state index in [1.807, 2.05) is 0 Å². The first kappa shape index (κ1) is 32.9. The number of ether oxygens (including phenoxy) is 2. The molecule has 1 saturated heterocycles. The summed E-state index contributed by atoms with van der Waals surface area (Å²) >= 11 is 0. The highest BCUT2D eigenvalue weighted by Crippen LogP contribution is 2.58. The number of fused-ring (bicyclic) bond motifs is 1. The monoisotopic (exact) mass is 643 g/mol. The molecule has 2 aromatic rings. The average molecular weight is 644 g/mol. The summed E-state index contributed by atoms with van der Waals surface area (Å²) in [4.78, 5) is 5.50. The lowest BCUT2D eigenvalue weighted by Gasteiger charge is -2.51. The molecule has 0 unspecified atom stereocenters. The van der Waals surface area contributed by atoms with Gasteiger partial charge < -0.3 is 19.0 Å². The topological polar surface area (TPSA) is 60.8 Å². The van der Waals surface area contributed by atoms with Crippen molar-refractivity contribution >= 4 is 13.9 Å². The smallest absolute Gasteiger partial charge is 0.410 e. The highest BCUT2D eigenvalue weighted by atomic mass is 28.4. The van der Waals surface area contributed by atoms with Crippen LogP contribution in [-0.2, 0) is 26.5 Å². The maximum atomic E-state index is 13.5. The molecule has 2 aliphatic heterocycles. The molecule has 2 fully saturated rings. The first-order valence-electron chi connectivity index (χ1n) is 16.6. The second-order valence-electron chi connectivity index (χ2n) is 15.2. The minimum Gasteiger partial charge on any atom is -0.410 e. The summed E-state index contributed by atoms with van der Waals surface area (Å²) in [5.74, 6) is 0.0846. The zero-order valence-corrected chi connectivity index (χ0v) is 28.4. The molecule has 0 amide bonds. The van der Waals surface area contributed by atoms with Crippen LogP contribution in [0.15, 0.2) is 30.3 Å². The van der Waals surface area contributed by atoms with Gasteiger partial charge in [-0.2, -0.15) is 13.2 Å². The Morgan fingerprint density at radius 3 is 2.27 bits per heavy atom. The number of nitrogens with zero attached hydrogens (tertiary/aromatic N) is 1. The van der Waals surface area contributed by atoms with E-state index in [2.05, 4.69) is 39.9 Å². The molecular weight excluding hydrogens is 595 g/mol. The van der Waals surface area contributed by atoms with E-state index < -0.39 is 26.2 Å². The molecule has 0 bridgehead atoms. The Kier molecular flexibility index (Phi) is 8.91. The lowest BCUT2D eigenvalue weighted by atomic mass is 9.59. The van der Waals surface area contributed by atoms with Crippen molar-refractivity contribution < 1.29 is 32.2 Å². The predicted octanol–water partition coefficient (Wildman–Crippen LogP) is 9.06. The SMILES string of the molecule is CC(C)(C)[Si](C)(C)O[C@H]1CC2(CCC2)Cc2nc(C3CCOCC3)c([C@H](O)c3ccc(C(F)(F)F)cc3)c(C3=CCOCC3)c21. The van der Waals surface area contributed by atoms with Gasteiger partial charge in [0, 0.05) is 36.0 Å². The van der Waals surface area contributed by atoms with Crippen molar-refractivity contribution in [1.29, 1.82) is 0 Å². The van der Waals surface area contributed by atoms with Gasteiger partial charge in [0.2, 0.25) is 0 Å². The third-order valence-electron chi connectivity index (χ3n) is 11.2. The van der Waals surface area contributed by atoms with Crippen molar-refractivity contribution in [2.24, 2.45) is 5.41 Å². The van der Waals surface area contributed by atoms with Gasteiger partial charge in [0.05, 0.1) is 30.6 Å². The summed E-state index contributed by atoms with van der Waals surface area (Å²) in [6.07, 6.45) is 3.99. The Hall–Kier alpha value is -2.04. The summed E-state index contributed by atoms with van der Waals surface area (Å²) in [5.41, 5.74) is 5.75. The van der Waals surface area contributed by atoms with E-state index in [4.69, 9.17) is 18.9 Å². The molecule has 45 heavy (non-hydrogen) atoms. The Morgan fingerprint density at radius 1 is 1.02 bits per heavy atom. The average Bonchev–Trinajstić information content (AvgIpc) is 2.98. The number of rotatable bonds is 6. The van der Waals surface area contributed by atoms with E-state index in [9.17, 15) is 18.3 Å². The van der Waals surface area contributed by atoms with Crippen LogP contribution in [-0.4, -0.2) is 44.8 Å². The fourth-order valence-corrected chi connectivity index (χ4v) is 8.72. The van der Waals surface area contributed by atoms with Crippen LogP contribution >= 0.6 is 0 Å². The zero-order chi connectivity index (χ0) is 32.2. The van der Waals surface area contributed by atoms with Gasteiger partial charge >= 0.3 is 6.18 Å². The lowest BCUT2D eigenvalue weighted by molar-refractivity contribution is -0.137. The molecule has 2 aliphatic carbocycles. The lowest BCUT2D eigenvalue weighted by Crippen LogP contribution is -2.46. The van der Waals surface area contributed by atoms with Gasteiger partial charge in [0.25, 0.3) is 0 Å². The number of hydrogen-bond acceptors (Lipinski definition) is 5. The summed E-state index contributed by atoms with van der Waals surface area (Å²) < 4.78 is 59.3. The maximum Gasteiger partial charge on any atom is 0.416 e. The number of hydrogen-bond donors (Lipinski definition) is 1. The summed E-state index contributed by atoms with van der Waals surface area (Å²) in [5, 5.41) is 12.3. The van der Waals surface area contributed by atoms with Crippen molar-refractivity contribution in [3.05, 3.63) is 69.5 Å². The Morgan fingerprint density at radius 2 is 1.71 bits per heavy atom. The third kappa shape index (κ3) is 6.44. The number of aliphatic hydroxyl groups excluding tert-OH is 1. The molecular formula is C36H48F3NO4Si. The molecule has 9 heteroatoms. The van der Waals surface area contributed by atoms with Gasteiger partial charge in [-0.05, 0) is 97.3 Å². The Balaban J connectivity index is 1.59. The molecule has 1 N–H and O–H groups in total. The molecule has 0 radical (unpaired) electrons. The van der Waals surface area contributed by atoms with E-state index in [1.165, 1.54) is 31.4 Å². The summed E-state index contributed by atoms with van der Waals surface area (Å²) in [7, 11) is -2.22. The van der Waals surface area contributed by atoms with Gasteiger partial charge in [-0.1, -0.05) is 45.4 Å². The highest BCUT2D eigenvalue weighted by molar-refractivity contribution is 6.74. The number of aliphatic hydroxyl groups is 1. The highest BCUT2D eigenvalue weighted by Gasteiger charge is 2.49. The van der Waals surface area contributed by atoms with Crippen molar-refractivity contribution in [1.82, 2.24) is 4.98 Å². The first-order valence-corrected chi connectivity index (χ1v) is 19.5. The molecule has 5 nitrogen and oxygen atoms in total. The minimum absolute atomic E-state index is 0.00748. The Labute approximate surface area is 266 Å². The fraction of sp³-hybridized carbons (Fsp3) is 0.639. The van der Waals surface area contributed by atoms with Crippen LogP contribution in [0.4, 0.5) is 13.2 Å². The van der Waals surface area contributed by atoms with E-state index in [-0.39, 0.29) is 22.5 Å².